The van der Waals surface area contributed by atoms with Gasteiger partial charge in [0.25, 0.3) is 5.91 Å². The number of halogens is 1. The van der Waals surface area contributed by atoms with E-state index in [9.17, 15) is 4.79 Å². The average Bonchev–Trinajstić information content (AvgIpc) is 2.62. The van der Waals surface area contributed by atoms with Gasteiger partial charge in [-0.3, -0.25) is 4.79 Å². The van der Waals surface area contributed by atoms with E-state index in [0.29, 0.717) is 18.1 Å². The predicted molar refractivity (Wildman–Crippen MR) is 97.9 cm³/mol. The highest BCUT2D eigenvalue weighted by Crippen LogP contribution is 2.17. The first-order valence-electron chi connectivity index (χ1n) is 8.30. The van der Waals surface area contributed by atoms with E-state index in [1.807, 2.05) is 30.3 Å². The highest BCUT2D eigenvalue weighted by atomic mass is 35.5. The molecule has 1 unspecified atom stereocenters. The molecule has 1 heterocycles. The standard InChI is InChI=1S/C20H21ClN2O/c21-19-9-5-4-8-18(19)14-22-20(24)15-23-12-10-17(11-13-23)16-6-2-1-3-7-16/h1-10H,11-15H2,(H,22,24)/p+1. The Kier molecular flexibility index (Phi) is 5.68. The fourth-order valence-electron chi connectivity index (χ4n) is 2.98. The number of carbonyl (C=O) groups excluding carboxylic acids is 1. The molecule has 1 aliphatic rings. The van der Waals surface area contributed by atoms with E-state index in [1.165, 1.54) is 16.0 Å². The molecule has 24 heavy (non-hydrogen) atoms. The van der Waals surface area contributed by atoms with Gasteiger partial charge in [0, 0.05) is 18.0 Å². The van der Waals surface area contributed by atoms with Crippen molar-refractivity contribution < 1.29 is 9.69 Å². The zero-order valence-corrected chi connectivity index (χ0v) is 14.4. The summed E-state index contributed by atoms with van der Waals surface area (Å²) in [6, 6.07) is 18.1. The third kappa shape index (κ3) is 4.47. The second-order valence-electron chi connectivity index (χ2n) is 6.09. The van der Waals surface area contributed by atoms with Crippen molar-refractivity contribution in [3.8, 4) is 0 Å². The van der Waals surface area contributed by atoms with Crippen LogP contribution in [0.4, 0.5) is 0 Å². The van der Waals surface area contributed by atoms with E-state index in [0.717, 1.165) is 25.1 Å². The lowest BCUT2D eigenvalue weighted by Crippen LogP contribution is -3.13. The van der Waals surface area contributed by atoms with Crippen molar-refractivity contribution in [1.29, 1.82) is 0 Å². The lowest BCUT2D eigenvalue weighted by atomic mass is 10.00. The zero-order chi connectivity index (χ0) is 16.8. The number of hydrogen-bond donors (Lipinski definition) is 2. The highest BCUT2D eigenvalue weighted by Gasteiger charge is 2.18. The van der Waals surface area contributed by atoms with Crippen molar-refractivity contribution in [1.82, 2.24) is 5.32 Å². The first kappa shape index (κ1) is 16.7. The molecule has 0 saturated carbocycles. The minimum atomic E-state index is 0.0708. The van der Waals surface area contributed by atoms with Crippen molar-refractivity contribution in [3.63, 3.8) is 0 Å². The molecule has 3 rings (SSSR count). The first-order chi connectivity index (χ1) is 11.7. The monoisotopic (exact) mass is 341 g/mol. The fourth-order valence-corrected chi connectivity index (χ4v) is 3.19. The molecule has 2 aromatic carbocycles. The molecule has 0 radical (unpaired) electrons. The third-order valence-corrected chi connectivity index (χ3v) is 4.74. The molecule has 0 spiro atoms. The summed E-state index contributed by atoms with van der Waals surface area (Å²) in [5, 5.41) is 3.66. The van der Waals surface area contributed by atoms with E-state index in [1.54, 1.807) is 0 Å². The highest BCUT2D eigenvalue weighted by molar-refractivity contribution is 6.31. The lowest BCUT2D eigenvalue weighted by molar-refractivity contribution is -0.886. The summed E-state index contributed by atoms with van der Waals surface area (Å²) >= 11 is 6.11. The van der Waals surface area contributed by atoms with Crippen molar-refractivity contribution in [2.75, 3.05) is 19.6 Å². The van der Waals surface area contributed by atoms with E-state index in [-0.39, 0.29) is 5.91 Å². The Labute approximate surface area is 147 Å². The molecule has 3 nitrogen and oxygen atoms in total. The van der Waals surface area contributed by atoms with Gasteiger partial charge < -0.3 is 10.2 Å². The van der Waals surface area contributed by atoms with Crippen LogP contribution in [-0.4, -0.2) is 25.5 Å². The van der Waals surface area contributed by atoms with Gasteiger partial charge in [-0.15, -0.1) is 0 Å². The Morgan fingerprint density at radius 2 is 1.83 bits per heavy atom. The maximum absolute atomic E-state index is 12.2. The van der Waals surface area contributed by atoms with Crippen LogP contribution in [0.15, 0.2) is 60.7 Å². The second kappa shape index (κ2) is 8.13. The summed E-state index contributed by atoms with van der Waals surface area (Å²) in [5.74, 6) is 0.0708. The molecule has 1 atom stereocenters. The molecule has 2 N–H and O–H groups in total. The van der Waals surface area contributed by atoms with E-state index < -0.39 is 0 Å². The average molecular weight is 342 g/mol. The first-order valence-corrected chi connectivity index (χ1v) is 8.68. The zero-order valence-electron chi connectivity index (χ0n) is 13.6. The topological polar surface area (TPSA) is 33.5 Å². The van der Waals surface area contributed by atoms with Gasteiger partial charge in [0.2, 0.25) is 0 Å². The molecule has 0 aliphatic carbocycles. The third-order valence-electron chi connectivity index (χ3n) is 4.37. The molecule has 1 amide bonds. The van der Waals surface area contributed by atoms with Crippen LogP contribution in [0.3, 0.4) is 0 Å². The van der Waals surface area contributed by atoms with Crippen molar-refractivity contribution in [2.45, 2.75) is 13.0 Å². The Morgan fingerprint density at radius 3 is 2.54 bits per heavy atom. The van der Waals surface area contributed by atoms with Gasteiger partial charge in [-0.25, -0.2) is 0 Å². The number of nitrogens with one attached hydrogen (secondary N) is 2. The Hall–Kier alpha value is -2.10. The van der Waals surface area contributed by atoms with Gasteiger partial charge in [-0.05, 0) is 28.8 Å². The molecule has 0 saturated heterocycles. The minimum absolute atomic E-state index is 0.0708. The van der Waals surface area contributed by atoms with Crippen LogP contribution in [0.2, 0.25) is 5.02 Å². The summed E-state index contributed by atoms with van der Waals surface area (Å²) in [4.78, 5) is 13.4. The maximum atomic E-state index is 12.2. The molecule has 0 bridgehead atoms. The van der Waals surface area contributed by atoms with Gasteiger partial charge in [0.05, 0.1) is 13.1 Å². The van der Waals surface area contributed by atoms with Crippen LogP contribution < -0.4 is 10.2 Å². The largest absolute Gasteiger partial charge is 0.347 e. The quantitative estimate of drug-likeness (QED) is 0.860. The van der Waals surface area contributed by atoms with Crippen molar-refractivity contribution in [2.24, 2.45) is 0 Å². The fraction of sp³-hybridized carbons (Fsp3) is 0.250. The minimum Gasteiger partial charge on any atom is -0.347 e. The van der Waals surface area contributed by atoms with Crippen LogP contribution in [0, 0.1) is 0 Å². The molecular weight excluding hydrogens is 320 g/mol. The van der Waals surface area contributed by atoms with E-state index >= 15 is 0 Å². The number of rotatable bonds is 5. The van der Waals surface area contributed by atoms with Crippen molar-refractivity contribution >= 4 is 23.1 Å². The summed E-state index contributed by atoms with van der Waals surface area (Å²) in [5.41, 5.74) is 3.63. The summed E-state index contributed by atoms with van der Waals surface area (Å²) in [6.07, 6.45) is 3.27. The molecule has 4 heteroatoms. The maximum Gasteiger partial charge on any atom is 0.275 e. The number of carbonyl (C=O) groups is 1. The van der Waals surface area contributed by atoms with E-state index in [2.05, 4.69) is 35.7 Å². The van der Waals surface area contributed by atoms with Crippen LogP contribution in [0.5, 0.6) is 0 Å². The van der Waals surface area contributed by atoms with E-state index in [4.69, 9.17) is 11.6 Å². The number of hydrogen-bond acceptors (Lipinski definition) is 1. The summed E-state index contributed by atoms with van der Waals surface area (Å²) in [6.45, 7) is 2.86. The van der Waals surface area contributed by atoms with Gasteiger partial charge in [-0.1, -0.05) is 60.1 Å². The lowest BCUT2D eigenvalue weighted by Gasteiger charge is -2.23. The van der Waals surface area contributed by atoms with Gasteiger partial charge >= 0.3 is 0 Å². The summed E-state index contributed by atoms with van der Waals surface area (Å²) < 4.78 is 0. The number of quaternary nitrogens is 1. The SMILES string of the molecule is O=C(C[NH+]1CC=C(c2ccccc2)CC1)NCc1ccccc1Cl. The normalized spacial score (nSPS) is 17.2. The molecule has 0 aromatic heterocycles. The number of amides is 1. The van der Waals surface area contributed by atoms with Crippen LogP contribution in [0.1, 0.15) is 17.5 Å². The number of benzene rings is 2. The van der Waals surface area contributed by atoms with Gasteiger partial charge in [0.1, 0.15) is 0 Å². The van der Waals surface area contributed by atoms with Crippen LogP contribution in [0.25, 0.3) is 5.57 Å². The molecule has 124 valence electrons. The Bertz CT molecular complexity index is 727. The van der Waals surface area contributed by atoms with Gasteiger partial charge in [0.15, 0.2) is 6.54 Å². The molecule has 1 aliphatic heterocycles. The molecule has 2 aromatic rings. The van der Waals surface area contributed by atoms with Gasteiger partial charge in [-0.2, -0.15) is 0 Å². The predicted octanol–water partition coefficient (Wildman–Crippen LogP) is 2.33. The van der Waals surface area contributed by atoms with Crippen LogP contribution >= 0.6 is 11.6 Å². The van der Waals surface area contributed by atoms with Crippen molar-refractivity contribution in [3.05, 3.63) is 76.8 Å². The molecular formula is C20H22ClN2O+. The molecule has 0 fully saturated rings. The Morgan fingerprint density at radius 1 is 1.08 bits per heavy atom. The van der Waals surface area contributed by atoms with Crippen LogP contribution in [-0.2, 0) is 11.3 Å². The smallest absolute Gasteiger partial charge is 0.275 e. The summed E-state index contributed by atoms with van der Waals surface area (Å²) in [7, 11) is 0. The second-order valence-corrected chi connectivity index (χ2v) is 6.50. The Balaban J connectivity index is 1.48.